The lowest BCUT2D eigenvalue weighted by Crippen LogP contribution is -2.49. The van der Waals surface area contributed by atoms with Crippen molar-refractivity contribution in [3.05, 3.63) is 0 Å². The first-order chi connectivity index (χ1) is 11.9. The summed E-state index contributed by atoms with van der Waals surface area (Å²) in [7, 11) is 0. The zero-order valence-corrected chi connectivity index (χ0v) is 16.9. The highest BCUT2D eigenvalue weighted by atomic mass is 16.6. The van der Waals surface area contributed by atoms with Crippen molar-refractivity contribution in [1.29, 1.82) is 0 Å². The predicted molar refractivity (Wildman–Crippen MR) is 98.5 cm³/mol. The van der Waals surface area contributed by atoms with Crippen LogP contribution in [0.4, 0.5) is 4.79 Å². The molecule has 2 aliphatic heterocycles. The monoisotopic (exact) mass is 367 g/mol. The second kappa shape index (κ2) is 7.45. The van der Waals surface area contributed by atoms with Crippen molar-refractivity contribution in [2.24, 2.45) is 5.92 Å². The summed E-state index contributed by atoms with van der Waals surface area (Å²) in [5, 5.41) is 3.06. The normalized spacial score (nSPS) is 22.5. The molecule has 0 aromatic carbocycles. The fourth-order valence-electron chi connectivity index (χ4n) is 3.38. The fraction of sp³-hybridized carbons (Fsp3) is 0.842. The van der Waals surface area contributed by atoms with Crippen LogP contribution >= 0.6 is 0 Å². The number of hydrogen-bond acceptors (Lipinski definition) is 4. The molecule has 2 saturated heterocycles. The van der Waals surface area contributed by atoms with Gasteiger partial charge in [0.05, 0.1) is 5.92 Å². The molecular weight excluding hydrogens is 334 g/mol. The number of likely N-dealkylation sites (tertiary alicyclic amines) is 2. The van der Waals surface area contributed by atoms with E-state index in [0.717, 1.165) is 0 Å². The molecule has 1 atom stereocenters. The predicted octanol–water partition coefficient (Wildman–Crippen LogP) is 2.15. The van der Waals surface area contributed by atoms with Gasteiger partial charge in [-0.1, -0.05) is 0 Å². The summed E-state index contributed by atoms with van der Waals surface area (Å²) in [6.07, 6.45) is 1.38. The van der Waals surface area contributed by atoms with E-state index in [1.54, 1.807) is 9.80 Å². The van der Waals surface area contributed by atoms with Crippen LogP contribution in [0.1, 0.15) is 60.8 Å². The van der Waals surface area contributed by atoms with E-state index < -0.39 is 5.60 Å². The first-order valence-electron chi connectivity index (χ1n) is 9.45. The SMILES string of the molecule is CC(C)(C)OC(=O)N1CCC(NC(=O)C2CC(=O)N(C(C)(C)C)C2)CC1. The van der Waals surface area contributed by atoms with Gasteiger partial charge < -0.3 is 19.9 Å². The topological polar surface area (TPSA) is 79.0 Å². The third kappa shape index (κ3) is 5.35. The van der Waals surface area contributed by atoms with Gasteiger partial charge in [0.15, 0.2) is 0 Å². The summed E-state index contributed by atoms with van der Waals surface area (Å²) in [6, 6.07) is 0.0416. The second-order valence-corrected chi connectivity index (χ2v) is 9.33. The lowest BCUT2D eigenvalue weighted by atomic mass is 10.0. The lowest BCUT2D eigenvalue weighted by Gasteiger charge is -2.34. The third-order valence-electron chi connectivity index (χ3n) is 4.80. The Morgan fingerprint density at radius 2 is 1.65 bits per heavy atom. The van der Waals surface area contributed by atoms with E-state index in [1.165, 1.54) is 0 Å². The zero-order valence-electron chi connectivity index (χ0n) is 16.9. The molecule has 1 N–H and O–H groups in total. The third-order valence-corrected chi connectivity index (χ3v) is 4.80. The van der Waals surface area contributed by atoms with Crippen molar-refractivity contribution < 1.29 is 19.1 Å². The summed E-state index contributed by atoms with van der Waals surface area (Å²) >= 11 is 0. The Morgan fingerprint density at radius 1 is 1.08 bits per heavy atom. The Morgan fingerprint density at radius 3 is 2.12 bits per heavy atom. The minimum absolute atomic E-state index is 0.0393. The molecule has 148 valence electrons. The number of ether oxygens (including phenoxy) is 1. The van der Waals surface area contributed by atoms with Crippen molar-refractivity contribution in [3.63, 3.8) is 0 Å². The first kappa shape index (κ1) is 20.5. The standard InChI is InChI=1S/C19H33N3O4/c1-18(2,3)22-12-13(11-15(22)23)16(24)20-14-7-9-21(10-8-14)17(25)26-19(4,5)6/h13-14H,7-12H2,1-6H3,(H,20,24). The van der Waals surface area contributed by atoms with Crippen molar-refractivity contribution in [3.8, 4) is 0 Å². The van der Waals surface area contributed by atoms with Crippen LogP contribution in [0, 0.1) is 5.92 Å². The van der Waals surface area contributed by atoms with E-state index in [-0.39, 0.29) is 41.8 Å². The molecule has 2 heterocycles. The molecule has 0 aromatic rings. The molecule has 0 aromatic heterocycles. The molecule has 0 radical (unpaired) electrons. The van der Waals surface area contributed by atoms with Gasteiger partial charge in [-0.2, -0.15) is 0 Å². The number of amides is 3. The lowest BCUT2D eigenvalue weighted by molar-refractivity contribution is -0.132. The number of hydrogen-bond donors (Lipinski definition) is 1. The highest BCUT2D eigenvalue weighted by molar-refractivity contribution is 5.89. The molecular formula is C19H33N3O4. The van der Waals surface area contributed by atoms with Gasteiger partial charge in [-0.15, -0.1) is 0 Å². The maximum absolute atomic E-state index is 12.5. The van der Waals surface area contributed by atoms with Crippen LogP contribution in [-0.4, -0.2) is 64.5 Å². The molecule has 26 heavy (non-hydrogen) atoms. The maximum atomic E-state index is 12.5. The molecule has 7 nitrogen and oxygen atoms in total. The second-order valence-electron chi connectivity index (χ2n) is 9.33. The Hall–Kier alpha value is -1.79. The minimum atomic E-state index is -0.504. The van der Waals surface area contributed by atoms with Crippen LogP contribution in [0.25, 0.3) is 0 Å². The first-order valence-corrected chi connectivity index (χ1v) is 9.45. The molecule has 0 saturated carbocycles. The highest BCUT2D eigenvalue weighted by Crippen LogP contribution is 2.26. The van der Waals surface area contributed by atoms with Gasteiger partial charge in [-0.3, -0.25) is 9.59 Å². The van der Waals surface area contributed by atoms with Gasteiger partial charge in [0.25, 0.3) is 0 Å². The number of nitrogens with one attached hydrogen (secondary N) is 1. The van der Waals surface area contributed by atoms with Crippen LogP contribution in [0.2, 0.25) is 0 Å². The van der Waals surface area contributed by atoms with Gasteiger partial charge in [0.2, 0.25) is 11.8 Å². The van der Waals surface area contributed by atoms with Crippen molar-refractivity contribution >= 4 is 17.9 Å². The molecule has 0 spiro atoms. The summed E-state index contributed by atoms with van der Waals surface area (Å²) in [5.74, 6) is -0.302. The van der Waals surface area contributed by atoms with E-state index >= 15 is 0 Å². The average molecular weight is 367 g/mol. The van der Waals surface area contributed by atoms with Crippen molar-refractivity contribution in [1.82, 2.24) is 15.1 Å². The Kier molecular flexibility index (Phi) is 5.88. The highest BCUT2D eigenvalue weighted by Gasteiger charge is 2.40. The molecule has 3 amide bonds. The maximum Gasteiger partial charge on any atom is 0.410 e. The minimum Gasteiger partial charge on any atom is -0.444 e. The van der Waals surface area contributed by atoms with E-state index in [2.05, 4.69) is 5.32 Å². The fourth-order valence-corrected chi connectivity index (χ4v) is 3.38. The largest absolute Gasteiger partial charge is 0.444 e. The number of piperidine rings is 1. The van der Waals surface area contributed by atoms with Gasteiger partial charge in [0, 0.05) is 37.6 Å². The molecule has 2 rings (SSSR count). The summed E-state index contributed by atoms with van der Waals surface area (Å²) in [6.45, 7) is 13.1. The number of rotatable bonds is 2. The van der Waals surface area contributed by atoms with Gasteiger partial charge in [0.1, 0.15) is 5.60 Å². The number of carbonyl (C=O) groups excluding carboxylic acids is 3. The van der Waals surface area contributed by atoms with Crippen molar-refractivity contribution in [2.75, 3.05) is 19.6 Å². The van der Waals surface area contributed by atoms with Gasteiger partial charge in [-0.05, 0) is 54.4 Å². The van der Waals surface area contributed by atoms with Gasteiger partial charge >= 0.3 is 6.09 Å². The molecule has 0 bridgehead atoms. The Bertz CT molecular complexity index is 554. The van der Waals surface area contributed by atoms with Crippen LogP contribution in [-0.2, 0) is 14.3 Å². The zero-order chi connectivity index (χ0) is 19.7. The van der Waals surface area contributed by atoms with Crippen LogP contribution < -0.4 is 5.32 Å². The Labute approximate surface area is 156 Å². The molecule has 0 aliphatic carbocycles. The quantitative estimate of drug-likeness (QED) is 0.811. The summed E-state index contributed by atoms with van der Waals surface area (Å²) < 4.78 is 5.39. The summed E-state index contributed by atoms with van der Waals surface area (Å²) in [5.41, 5.74) is -0.763. The van der Waals surface area contributed by atoms with E-state index in [4.69, 9.17) is 4.74 Å². The van der Waals surface area contributed by atoms with Crippen LogP contribution in [0.3, 0.4) is 0 Å². The van der Waals surface area contributed by atoms with Gasteiger partial charge in [-0.25, -0.2) is 4.79 Å². The summed E-state index contributed by atoms with van der Waals surface area (Å²) in [4.78, 5) is 40.2. The molecule has 2 fully saturated rings. The molecule has 2 aliphatic rings. The van der Waals surface area contributed by atoms with Crippen LogP contribution in [0.15, 0.2) is 0 Å². The van der Waals surface area contributed by atoms with E-state index in [1.807, 2.05) is 41.5 Å². The smallest absolute Gasteiger partial charge is 0.410 e. The number of carbonyl (C=O) groups is 3. The Balaban J connectivity index is 1.80. The molecule has 1 unspecified atom stereocenters. The van der Waals surface area contributed by atoms with Crippen molar-refractivity contribution in [2.45, 2.75) is 78.0 Å². The number of nitrogens with zero attached hydrogens (tertiary/aromatic N) is 2. The molecule has 7 heteroatoms. The van der Waals surface area contributed by atoms with E-state index in [0.29, 0.717) is 32.5 Å². The van der Waals surface area contributed by atoms with Crippen LogP contribution in [0.5, 0.6) is 0 Å². The van der Waals surface area contributed by atoms with E-state index in [9.17, 15) is 14.4 Å². The average Bonchev–Trinajstić information content (AvgIpc) is 2.88.